The van der Waals surface area contributed by atoms with E-state index < -0.39 is 17.5 Å². The normalized spacial score (nSPS) is 24.3. The van der Waals surface area contributed by atoms with Crippen molar-refractivity contribution < 1.29 is 20.4 Å². The first kappa shape index (κ1) is 14.3. The summed E-state index contributed by atoms with van der Waals surface area (Å²) in [6.07, 6.45) is -0.796. The molecule has 0 spiro atoms. The van der Waals surface area contributed by atoms with Crippen molar-refractivity contribution >= 4 is 18.7 Å². The van der Waals surface area contributed by atoms with E-state index in [2.05, 4.69) is 28.6 Å². The smallest absolute Gasteiger partial charge is 0.314 e. The van der Waals surface area contributed by atoms with E-state index in [0.29, 0.717) is 23.5 Å². The number of thiol groups is 1. The quantitative estimate of drug-likeness (QED) is 0.330. The Kier molecular flexibility index (Phi) is 3.40. The predicted octanol–water partition coefficient (Wildman–Crippen LogP) is -0.772. The molecule has 116 valence electrons. The van der Waals surface area contributed by atoms with E-state index in [-0.39, 0.29) is 18.3 Å². The molecule has 9 nitrogen and oxygen atoms in total. The van der Waals surface area contributed by atoms with Crippen molar-refractivity contribution in [1.29, 1.82) is 0 Å². The lowest BCUT2D eigenvalue weighted by Gasteiger charge is -2.28. The Morgan fingerprint density at radius 3 is 2.67 bits per heavy atom. The zero-order chi connectivity index (χ0) is 15.3. The number of rotatable bonds is 5. The Morgan fingerprint density at radius 1 is 1.29 bits per heavy atom. The van der Waals surface area contributed by atoms with E-state index in [9.17, 15) is 20.4 Å². The number of amidine groups is 1. The van der Waals surface area contributed by atoms with Crippen LogP contribution in [-0.2, 0) is 0 Å². The summed E-state index contributed by atoms with van der Waals surface area (Å²) < 4.78 is 0. The SMILES string of the molecule is CC(O)C[C@@H](O)[C@@H](S)CC1=C2C3=C(O)N=C(O)N2NN3N1. The Balaban J connectivity index is 1.79. The molecule has 3 aliphatic rings. The van der Waals surface area contributed by atoms with Crippen LogP contribution in [0.5, 0.6) is 0 Å². The van der Waals surface area contributed by atoms with Crippen molar-refractivity contribution in [2.75, 3.05) is 0 Å². The first-order valence-corrected chi connectivity index (χ1v) is 7.02. The van der Waals surface area contributed by atoms with Crippen molar-refractivity contribution in [2.45, 2.75) is 37.2 Å². The van der Waals surface area contributed by atoms with Crippen molar-refractivity contribution in [1.82, 2.24) is 21.1 Å². The third-order valence-electron chi connectivity index (χ3n) is 3.46. The summed E-state index contributed by atoms with van der Waals surface area (Å²) in [5.41, 5.74) is 7.39. The van der Waals surface area contributed by atoms with Gasteiger partial charge in [0.15, 0.2) is 5.70 Å². The summed E-state index contributed by atoms with van der Waals surface area (Å²) in [5.74, 6) is -0.300. The van der Waals surface area contributed by atoms with Crippen LogP contribution in [0.2, 0.25) is 0 Å². The molecule has 3 rings (SSSR count). The number of hydrogen-bond acceptors (Lipinski definition) is 9. The second kappa shape index (κ2) is 4.98. The van der Waals surface area contributed by atoms with Crippen LogP contribution in [0.4, 0.5) is 0 Å². The highest BCUT2D eigenvalue weighted by Gasteiger charge is 2.46. The lowest BCUT2D eigenvalue weighted by molar-refractivity contribution is 0.0857. The molecule has 0 aliphatic carbocycles. The molecule has 0 amide bonds. The van der Waals surface area contributed by atoms with Crippen molar-refractivity contribution in [2.24, 2.45) is 4.99 Å². The van der Waals surface area contributed by atoms with Gasteiger partial charge >= 0.3 is 6.02 Å². The van der Waals surface area contributed by atoms with E-state index in [0.717, 1.165) is 0 Å². The minimum atomic E-state index is -0.773. The Labute approximate surface area is 126 Å². The molecular weight excluding hydrogens is 298 g/mol. The summed E-state index contributed by atoms with van der Waals surface area (Å²) >= 11 is 4.36. The first-order chi connectivity index (χ1) is 9.88. The molecule has 1 fully saturated rings. The highest BCUT2D eigenvalue weighted by Crippen LogP contribution is 2.38. The van der Waals surface area contributed by atoms with Gasteiger partial charge in [0.1, 0.15) is 5.70 Å². The molecule has 10 heteroatoms. The van der Waals surface area contributed by atoms with Gasteiger partial charge in [0, 0.05) is 18.1 Å². The van der Waals surface area contributed by atoms with Gasteiger partial charge in [-0.25, -0.2) is 5.01 Å². The maximum Gasteiger partial charge on any atom is 0.314 e. The second-order valence-electron chi connectivity index (χ2n) is 5.22. The van der Waals surface area contributed by atoms with Gasteiger partial charge in [-0.1, -0.05) is 0 Å². The summed E-state index contributed by atoms with van der Waals surface area (Å²) in [4.78, 5) is 3.59. The molecule has 3 heterocycles. The summed E-state index contributed by atoms with van der Waals surface area (Å²) in [5, 5.41) is 41.1. The summed E-state index contributed by atoms with van der Waals surface area (Å²) in [6.45, 7) is 1.60. The Morgan fingerprint density at radius 2 is 2.00 bits per heavy atom. The van der Waals surface area contributed by atoms with Crippen LogP contribution in [0.1, 0.15) is 19.8 Å². The summed E-state index contributed by atoms with van der Waals surface area (Å²) in [7, 11) is 0. The van der Waals surface area contributed by atoms with Crippen molar-refractivity contribution in [3.8, 4) is 0 Å². The van der Waals surface area contributed by atoms with Gasteiger partial charge in [0.05, 0.1) is 17.9 Å². The number of nitrogens with one attached hydrogen (secondary N) is 2. The number of aliphatic hydroxyl groups is 4. The zero-order valence-corrected chi connectivity index (χ0v) is 12.1. The fourth-order valence-electron chi connectivity index (χ4n) is 2.50. The van der Waals surface area contributed by atoms with Gasteiger partial charge in [0.2, 0.25) is 5.88 Å². The van der Waals surface area contributed by atoms with Crippen LogP contribution >= 0.6 is 12.6 Å². The Hall–Kier alpha value is -1.62. The third kappa shape index (κ3) is 2.29. The molecular formula is C11H17N5O4S. The zero-order valence-electron chi connectivity index (χ0n) is 11.2. The number of aliphatic hydroxyl groups excluding tert-OH is 4. The van der Waals surface area contributed by atoms with E-state index in [1.54, 1.807) is 6.92 Å². The minimum Gasteiger partial charge on any atom is -0.492 e. The van der Waals surface area contributed by atoms with E-state index >= 15 is 0 Å². The molecule has 3 atom stereocenters. The van der Waals surface area contributed by atoms with Crippen molar-refractivity contribution in [3.63, 3.8) is 0 Å². The van der Waals surface area contributed by atoms with Crippen LogP contribution in [0.3, 0.4) is 0 Å². The van der Waals surface area contributed by atoms with Gasteiger partial charge in [-0.2, -0.15) is 22.7 Å². The van der Waals surface area contributed by atoms with Gasteiger partial charge in [-0.3, -0.25) is 5.43 Å². The van der Waals surface area contributed by atoms with E-state index in [4.69, 9.17) is 0 Å². The van der Waals surface area contributed by atoms with Gasteiger partial charge in [-0.15, -0.1) is 5.53 Å². The Bertz CT molecular complexity index is 561. The standard InChI is InChI=1S/C11H17N5O4S/c1-4(17)2-6(18)7(21)3-5-8-9-10(19)12-11(20)15(8)14-16(9)13-5/h4,6-7,13-14,17-19,21H,2-3H2,1H3,(H,12,20)/t4?,6-,7+/m1/s1. The number of hydrogen-bond donors (Lipinski definition) is 7. The average Bonchev–Trinajstić information content (AvgIpc) is 2.88. The van der Waals surface area contributed by atoms with E-state index in [1.165, 1.54) is 10.1 Å². The molecule has 4 bridgehead atoms. The highest BCUT2D eigenvalue weighted by molar-refractivity contribution is 7.81. The maximum absolute atomic E-state index is 9.96. The molecule has 1 saturated heterocycles. The second-order valence-corrected chi connectivity index (χ2v) is 5.88. The van der Waals surface area contributed by atoms with Crippen LogP contribution in [0.25, 0.3) is 0 Å². The molecule has 3 aliphatic heterocycles. The predicted molar refractivity (Wildman–Crippen MR) is 76.4 cm³/mol. The van der Waals surface area contributed by atoms with Crippen LogP contribution in [-0.4, -0.2) is 54.0 Å². The molecule has 0 radical (unpaired) electrons. The minimum absolute atomic E-state index is 0.225. The molecule has 0 aromatic carbocycles. The number of hydrazine groups is 3. The fourth-order valence-corrected chi connectivity index (χ4v) is 2.81. The molecule has 0 aromatic rings. The lowest BCUT2D eigenvalue weighted by atomic mass is 10.0. The number of aliphatic imine (C=N–C) groups is 1. The lowest BCUT2D eigenvalue weighted by Crippen LogP contribution is -2.51. The van der Waals surface area contributed by atoms with Gasteiger partial charge in [-0.05, 0) is 6.92 Å². The topological polar surface area (TPSA) is 124 Å². The van der Waals surface area contributed by atoms with Crippen LogP contribution in [0.15, 0.2) is 28.0 Å². The first-order valence-electron chi connectivity index (χ1n) is 6.50. The van der Waals surface area contributed by atoms with Crippen molar-refractivity contribution in [3.05, 3.63) is 23.0 Å². The number of allylic oxidation sites excluding steroid dienone is 1. The summed E-state index contributed by atoms with van der Waals surface area (Å²) in [6, 6.07) is -0.368. The monoisotopic (exact) mass is 315 g/mol. The van der Waals surface area contributed by atoms with Gasteiger partial charge < -0.3 is 20.4 Å². The average molecular weight is 315 g/mol. The largest absolute Gasteiger partial charge is 0.492 e. The molecule has 0 aromatic heterocycles. The number of nitrogens with zero attached hydrogens (tertiary/aromatic N) is 3. The molecule has 0 saturated carbocycles. The van der Waals surface area contributed by atoms with E-state index in [1.807, 2.05) is 0 Å². The molecule has 21 heavy (non-hydrogen) atoms. The van der Waals surface area contributed by atoms with Crippen LogP contribution in [0, 0.1) is 0 Å². The third-order valence-corrected chi connectivity index (χ3v) is 3.99. The highest BCUT2D eigenvalue weighted by atomic mass is 32.1. The fraction of sp³-hybridized carbons (Fsp3) is 0.545. The van der Waals surface area contributed by atoms with Gasteiger partial charge in [0.25, 0.3) is 0 Å². The maximum atomic E-state index is 9.96. The van der Waals surface area contributed by atoms with Crippen LogP contribution < -0.4 is 11.0 Å². The molecule has 6 N–H and O–H groups in total. The molecule has 1 unspecified atom stereocenters.